The first-order chi connectivity index (χ1) is 15.8. The van der Waals surface area contributed by atoms with E-state index in [2.05, 4.69) is 13.8 Å². The van der Waals surface area contributed by atoms with E-state index in [1.807, 2.05) is 6.08 Å². The molecule has 0 spiro atoms. The fourth-order valence-corrected chi connectivity index (χ4v) is 3.56. The summed E-state index contributed by atoms with van der Waals surface area (Å²) in [4.78, 5) is 23.9. The lowest BCUT2D eigenvalue weighted by atomic mass is 9.96. The summed E-state index contributed by atoms with van der Waals surface area (Å²) < 4.78 is 22.5. The number of allylic oxidation sites excluding steroid dienone is 1. The van der Waals surface area contributed by atoms with Crippen LogP contribution in [-0.4, -0.2) is 54.9 Å². The molecule has 0 saturated carbocycles. The summed E-state index contributed by atoms with van der Waals surface area (Å²) in [6, 6.07) is 5.67. The van der Waals surface area contributed by atoms with Gasteiger partial charge in [-0.3, -0.25) is 4.79 Å². The van der Waals surface area contributed by atoms with Crippen LogP contribution in [0.3, 0.4) is 0 Å². The van der Waals surface area contributed by atoms with Gasteiger partial charge < -0.3 is 29.2 Å². The number of esters is 1. The summed E-state index contributed by atoms with van der Waals surface area (Å²) in [5.41, 5.74) is 0.287. The minimum atomic E-state index is -0.990. The van der Waals surface area contributed by atoms with Gasteiger partial charge in [0.15, 0.2) is 6.29 Å². The molecule has 1 aromatic carbocycles. The first-order valence-corrected chi connectivity index (χ1v) is 11.5. The maximum Gasteiger partial charge on any atom is 0.338 e. The minimum Gasteiger partial charge on any atom is -0.508 e. The van der Waals surface area contributed by atoms with Crippen LogP contribution < -0.4 is 0 Å². The standard InChI is InChI=1S/C25H36O8/c1-17(2)6-5-14-31-23-8-4-7-21(33-23)22(30-3)16-19(24(27)28)13-15-32-25(29)18-9-11-20(26)12-10-18/h7,9-12,17,19,22-23,26H,4-6,8,13-16H2,1-3H3,(H,27,28). The molecule has 0 radical (unpaired) electrons. The molecule has 2 N–H and O–H groups in total. The van der Waals surface area contributed by atoms with E-state index in [1.54, 1.807) is 0 Å². The molecule has 0 fully saturated rings. The van der Waals surface area contributed by atoms with Gasteiger partial charge in [0.2, 0.25) is 0 Å². The van der Waals surface area contributed by atoms with Crippen molar-refractivity contribution < 1.29 is 38.7 Å². The molecular weight excluding hydrogens is 428 g/mol. The topological polar surface area (TPSA) is 112 Å². The van der Waals surface area contributed by atoms with Crippen molar-refractivity contribution in [3.63, 3.8) is 0 Å². The number of hydrogen-bond donors (Lipinski definition) is 2. The third-order valence-corrected chi connectivity index (χ3v) is 5.50. The second-order valence-electron chi connectivity index (χ2n) is 8.60. The lowest BCUT2D eigenvalue weighted by Gasteiger charge is -2.29. The number of carboxylic acids is 1. The summed E-state index contributed by atoms with van der Waals surface area (Å²) >= 11 is 0. The average Bonchev–Trinajstić information content (AvgIpc) is 2.79. The summed E-state index contributed by atoms with van der Waals surface area (Å²) in [7, 11) is 1.52. The Morgan fingerprint density at radius 3 is 2.52 bits per heavy atom. The number of aromatic hydroxyl groups is 1. The molecule has 8 nitrogen and oxygen atoms in total. The van der Waals surface area contributed by atoms with E-state index in [4.69, 9.17) is 18.9 Å². The highest BCUT2D eigenvalue weighted by atomic mass is 16.7. The number of rotatable bonds is 14. The Balaban J connectivity index is 1.84. The highest BCUT2D eigenvalue weighted by Crippen LogP contribution is 2.27. The number of hydrogen-bond acceptors (Lipinski definition) is 7. The number of methoxy groups -OCH3 is 1. The maximum atomic E-state index is 12.1. The van der Waals surface area contributed by atoms with Crippen LogP contribution in [0.15, 0.2) is 36.1 Å². The van der Waals surface area contributed by atoms with E-state index in [-0.39, 0.29) is 37.1 Å². The van der Waals surface area contributed by atoms with Gasteiger partial charge in [0.1, 0.15) is 17.6 Å². The predicted octanol–water partition coefficient (Wildman–Crippen LogP) is 4.52. The van der Waals surface area contributed by atoms with E-state index < -0.39 is 24.0 Å². The molecule has 0 aliphatic carbocycles. The molecule has 1 heterocycles. The molecule has 0 amide bonds. The molecule has 8 heteroatoms. The molecule has 0 bridgehead atoms. The maximum absolute atomic E-state index is 12.1. The van der Waals surface area contributed by atoms with Crippen LogP contribution in [0.5, 0.6) is 5.75 Å². The van der Waals surface area contributed by atoms with Gasteiger partial charge in [0, 0.05) is 13.5 Å². The third kappa shape index (κ3) is 9.43. The van der Waals surface area contributed by atoms with Crippen LogP contribution in [-0.2, 0) is 23.7 Å². The molecule has 3 unspecified atom stereocenters. The summed E-state index contributed by atoms with van der Waals surface area (Å²) in [5.74, 6) is -1.08. The highest BCUT2D eigenvalue weighted by Gasteiger charge is 2.29. The normalized spacial score (nSPS) is 17.7. The Kier molecular flexibility index (Phi) is 11.2. The largest absolute Gasteiger partial charge is 0.508 e. The van der Waals surface area contributed by atoms with Crippen molar-refractivity contribution in [3.8, 4) is 5.75 Å². The number of ether oxygens (including phenoxy) is 4. The van der Waals surface area contributed by atoms with Gasteiger partial charge in [-0.25, -0.2) is 4.79 Å². The van der Waals surface area contributed by atoms with Crippen LogP contribution in [0.25, 0.3) is 0 Å². The highest BCUT2D eigenvalue weighted by molar-refractivity contribution is 5.89. The van der Waals surface area contributed by atoms with Crippen molar-refractivity contribution >= 4 is 11.9 Å². The second-order valence-corrected chi connectivity index (χ2v) is 8.60. The first kappa shape index (κ1) is 26.7. The number of aliphatic carboxylic acids is 1. The molecule has 3 atom stereocenters. The van der Waals surface area contributed by atoms with Gasteiger partial charge in [-0.15, -0.1) is 0 Å². The molecular formula is C25H36O8. The van der Waals surface area contributed by atoms with E-state index >= 15 is 0 Å². The Bertz CT molecular complexity index is 771. The average molecular weight is 465 g/mol. The fraction of sp³-hybridized carbons (Fsp3) is 0.600. The van der Waals surface area contributed by atoms with Crippen LogP contribution >= 0.6 is 0 Å². The number of carboxylic acid groups (broad SMARTS) is 1. The second kappa shape index (κ2) is 13.9. The summed E-state index contributed by atoms with van der Waals surface area (Å²) in [5, 5.41) is 19.0. The zero-order chi connectivity index (χ0) is 24.2. The van der Waals surface area contributed by atoms with Crippen molar-refractivity contribution in [1.82, 2.24) is 0 Å². The van der Waals surface area contributed by atoms with Crippen LogP contribution in [0.2, 0.25) is 0 Å². The lowest BCUT2D eigenvalue weighted by Crippen LogP contribution is -2.30. The molecule has 1 aliphatic rings. The minimum absolute atomic E-state index is 0.0468. The van der Waals surface area contributed by atoms with E-state index in [9.17, 15) is 19.8 Å². The van der Waals surface area contributed by atoms with Gasteiger partial charge in [0.25, 0.3) is 0 Å². The van der Waals surface area contributed by atoms with Crippen molar-refractivity contribution in [1.29, 1.82) is 0 Å². The van der Waals surface area contributed by atoms with Crippen molar-refractivity contribution in [2.75, 3.05) is 20.3 Å². The van der Waals surface area contributed by atoms with Crippen molar-refractivity contribution in [2.24, 2.45) is 11.8 Å². The molecule has 0 saturated heterocycles. The monoisotopic (exact) mass is 464 g/mol. The van der Waals surface area contributed by atoms with Gasteiger partial charge in [-0.05, 0) is 68.4 Å². The molecule has 0 aromatic heterocycles. The number of phenolic OH excluding ortho intramolecular Hbond substituents is 1. The van der Waals surface area contributed by atoms with E-state index in [0.717, 1.165) is 25.7 Å². The van der Waals surface area contributed by atoms with E-state index in [1.165, 1.54) is 31.4 Å². The van der Waals surface area contributed by atoms with Crippen molar-refractivity contribution in [2.45, 2.75) is 64.8 Å². The molecule has 1 aromatic rings. The predicted molar refractivity (Wildman–Crippen MR) is 122 cm³/mol. The van der Waals surface area contributed by atoms with E-state index in [0.29, 0.717) is 18.3 Å². The molecule has 184 valence electrons. The molecule has 2 rings (SSSR count). The first-order valence-electron chi connectivity index (χ1n) is 11.5. The lowest BCUT2D eigenvalue weighted by molar-refractivity contribution is -0.148. The van der Waals surface area contributed by atoms with Gasteiger partial charge in [0.05, 0.1) is 24.7 Å². The number of carbonyl (C=O) groups is 2. The van der Waals surface area contributed by atoms with Crippen LogP contribution in [0.1, 0.15) is 62.7 Å². The number of benzene rings is 1. The Hall–Kier alpha value is -2.58. The zero-order valence-electron chi connectivity index (χ0n) is 19.7. The molecule has 33 heavy (non-hydrogen) atoms. The van der Waals surface area contributed by atoms with Gasteiger partial charge in [-0.2, -0.15) is 0 Å². The Morgan fingerprint density at radius 1 is 1.15 bits per heavy atom. The van der Waals surface area contributed by atoms with Crippen molar-refractivity contribution in [3.05, 3.63) is 41.7 Å². The zero-order valence-corrected chi connectivity index (χ0v) is 19.7. The van der Waals surface area contributed by atoms with Crippen LogP contribution in [0.4, 0.5) is 0 Å². The SMILES string of the molecule is COC(CC(CCOC(=O)c1ccc(O)cc1)C(=O)O)C1=CCCC(OCCCC(C)C)O1. The quantitative estimate of drug-likeness (QED) is 0.305. The van der Waals surface area contributed by atoms with Gasteiger partial charge in [-0.1, -0.05) is 13.8 Å². The summed E-state index contributed by atoms with van der Waals surface area (Å²) in [6.07, 6.45) is 4.94. The van der Waals surface area contributed by atoms with Crippen LogP contribution in [0, 0.1) is 11.8 Å². The fourth-order valence-electron chi connectivity index (χ4n) is 3.56. The third-order valence-electron chi connectivity index (χ3n) is 5.50. The Morgan fingerprint density at radius 2 is 1.88 bits per heavy atom. The number of carbonyl (C=O) groups excluding carboxylic acids is 1. The number of phenols is 1. The smallest absolute Gasteiger partial charge is 0.338 e. The molecule has 1 aliphatic heterocycles. The summed E-state index contributed by atoms with van der Waals surface area (Å²) in [6.45, 7) is 4.93. The van der Waals surface area contributed by atoms with Gasteiger partial charge >= 0.3 is 11.9 Å². The Labute approximate surface area is 195 Å².